The highest BCUT2D eigenvalue weighted by Gasteiger charge is 2.36. The van der Waals surface area contributed by atoms with Gasteiger partial charge in [-0.3, -0.25) is 4.79 Å². The van der Waals surface area contributed by atoms with E-state index in [1.807, 2.05) is 0 Å². The molecule has 1 saturated carbocycles. The Hall–Kier alpha value is -1.36. The van der Waals surface area contributed by atoms with Gasteiger partial charge in [0, 0.05) is 13.0 Å². The van der Waals surface area contributed by atoms with Gasteiger partial charge in [0.15, 0.2) is 5.78 Å². The van der Waals surface area contributed by atoms with Gasteiger partial charge in [0.25, 0.3) is 0 Å². The van der Waals surface area contributed by atoms with Crippen LogP contribution in [0.3, 0.4) is 0 Å². The van der Waals surface area contributed by atoms with E-state index < -0.39 is 5.97 Å². The fourth-order valence-corrected chi connectivity index (χ4v) is 1.28. The summed E-state index contributed by atoms with van der Waals surface area (Å²) in [5, 5.41) is 8.93. The predicted octanol–water partition coefficient (Wildman–Crippen LogP) is 0.597. The van der Waals surface area contributed by atoms with Crippen molar-refractivity contribution in [1.29, 1.82) is 0 Å². The third-order valence-electron chi connectivity index (χ3n) is 2.21. The minimum absolute atomic E-state index is 0.00338. The van der Waals surface area contributed by atoms with Crippen LogP contribution in [0, 0.1) is 5.92 Å². The summed E-state index contributed by atoms with van der Waals surface area (Å²) in [6.07, 6.45) is 1.53. The molecule has 0 aliphatic heterocycles. The summed E-state index contributed by atoms with van der Waals surface area (Å²) in [7, 11) is 2.75. The zero-order valence-corrected chi connectivity index (χ0v) is 8.78. The van der Waals surface area contributed by atoms with Gasteiger partial charge < -0.3 is 14.6 Å². The third kappa shape index (κ3) is 2.79. The molecule has 1 fully saturated rings. The molecule has 1 aliphatic rings. The number of rotatable bonds is 6. The van der Waals surface area contributed by atoms with Crippen molar-refractivity contribution >= 4 is 11.8 Å². The average Bonchev–Trinajstić information content (AvgIpc) is 2.99. The van der Waals surface area contributed by atoms with E-state index in [2.05, 4.69) is 0 Å². The molecule has 15 heavy (non-hydrogen) atoms. The average molecular weight is 214 g/mol. The predicted molar refractivity (Wildman–Crippen MR) is 51.3 cm³/mol. The number of aliphatic carboxylic acids is 1. The summed E-state index contributed by atoms with van der Waals surface area (Å²) in [4.78, 5) is 22.6. The van der Waals surface area contributed by atoms with Crippen LogP contribution in [0.25, 0.3) is 0 Å². The molecule has 5 nitrogen and oxygen atoms in total. The van der Waals surface area contributed by atoms with Crippen molar-refractivity contribution in [2.45, 2.75) is 12.8 Å². The van der Waals surface area contributed by atoms with Gasteiger partial charge in [0.1, 0.15) is 17.9 Å². The number of carboxylic acids is 1. The summed E-state index contributed by atoms with van der Waals surface area (Å²) < 4.78 is 9.64. The zero-order chi connectivity index (χ0) is 11.4. The standard InChI is InChI=1S/C10H14O5/c1-14-5-7(15-2)8(10(12)13)9(11)6-3-4-6/h6H,3-5H2,1-2H3,(H,12,13)/b8-7+. The fourth-order valence-electron chi connectivity index (χ4n) is 1.28. The van der Waals surface area contributed by atoms with Crippen LogP contribution in [0.1, 0.15) is 12.8 Å². The molecule has 0 unspecified atom stereocenters. The van der Waals surface area contributed by atoms with E-state index in [1.165, 1.54) is 14.2 Å². The summed E-state index contributed by atoms with van der Waals surface area (Å²) in [6.45, 7) is -0.00338. The van der Waals surface area contributed by atoms with E-state index in [-0.39, 0.29) is 29.6 Å². The Kier molecular flexibility index (Phi) is 3.85. The number of carbonyl (C=O) groups is 2. The minimum Gasteiger partial charge on any atom is -0.498 e. The normalized spacial score (nSPS) is 16.9. The van der Waals surface area contributed by atoms with Crippen molar-refractivity contribution in [3.8, 4) is 0 Å². The Morgan fingerprint density at radius 2 is 1.93 bits per heavy atom. The van der Waals surface area contributed by atoms with Crippen molar-refractivity contribution in [1.82, 2.24) is 0 Å². The molecule has 1 aliphatic carbocycles. The van der Waals surface area contributed by atoms with E-state index in [1.54, 1.807) is 0 Å². The van der Waals surface area contributed by atoms with E-state index in [0.717, 1.165) is 12.8 Å². The van der Waals surface area contributed by atoms with Crippen molar-refractivity contribution in [3.63, 3.8) is 0 Å². The first-order chi connectivity index (χ1) is 7.11. The molecule has 0 saturated heterocycles. The van der Waals surface area contributed by atoms with Crippen LogP contribution in [0.15, 0.2) is 11.3 Å². The number of ketones is 1. The summed E-state index contributed by atoms with van der Waals surface area (Å²) in [6, 6.07) is 0. The Labute approximate surface area is 87.7 Å². The zero-order valence-electron chi connectivity index (χ0n) is 8.78. The van der Waals surface area contributed by atoms with Gasteiger partial charge in [-0.1, -0.05) is 0 Å². The first-order valence-electron chi connectivity index (χ1n) is 4.65. The number of hydrogen-bond donors (Lipinski definition) is 1. The van der Waals surface area contributed by atoms with E-state index in [4.69, 9.17) is 14.6 Å². The number of Topliss-reactive ketones (excluding diaryl/α,β-unsaturated/α-hetero) is 1. The molecule has 0 aromatic heterocycles. The maximum atomic E-state index is 11.6. The van der Waals surface area contributed by atoms with Gasteiger partial charge in [-0.25, -0.2) is 4.79 Å². The fraction of sp³-hybridized carbons (Fsp3) is 0.600. The molecule has 0 aromatic carbocycles. The molecule has 0 aromatic rings. The second-order valence-corrected chi connectivity index (χ2v) is 3.38. The molecule has 5 heteroatoms. The Morgan fingerprint density at radius 3 is 2.27 bits per heavy atom. The monoisotopic (exact) mass is 214 g/mol. The summed E-state index contributed by atoms with van der Waals surface area (Å²) in [5.74, 6) is -1.66. The van der Waals surface area contributed by atoms with Gasteiger partial charge in [0.05, 0.1) is 7.11 Å². The quantitative estimate of drug-likeness (QED) is 0.303. The lowest BCUT2D eigenvalue weighted by Gasteiger charge is -2.09. The molecule has 0 spiro atoms. The topological polar surface area (TPSA) is 72.8 Å². The molecule has 0 amide bonds. The van der Waals surface area contributed by atoms with E-state index in [0.29, 0.717) is 0 Å². The Morgan fingerprint density at radius 1 is 1.33 bits per heavy atom. The van der Waals surface area contributed by atoms with Crippen LogP contribution < -0.4 is 0 Å². The maximum absolute atomic E-state index is 11.6. The molecule has 0 bridgehead atoms. The highest BCUT2D eigenvalue weighted by atomic mass is 16.5. The van der Waals surface area contributed by atoms with Crippen molar-refractivity contribution < 1.29 is 24.2 Å². The molecule has 1 rings (SSSR count). The van der Waals surface area contributed by atoms with Gasteiger partial charge in [0.2, 0.25) is 0 Å². The highest BCUT2D eigenvalue weighted by molar-refractivity contribution is 6.18. The van der Waals surface area contributed by atoms with Crippen molar-refractivity contribution in [2.24, 2.45) is 5.92 Å². The third-order valence-corrected chi connectivity index (χ3v) is 2.21. The lowest BCUT2D eigenvalue weighted by atomic mass is 10.1. The molecule has 84 valence electrons. The lowest BCUT2D eigenvalue weighted by Crippen LogP contribution is -2.19. The van der Waals surface area contributed by atoms with Crippen LogP contribution in [-0.2, 0) is 19.1 Å². The van der Waals surface area contributed by atoms with Gasteiger partial charge in [-0.05, 0) is 12.8 Å². The molecular formula is C10H14O5. The molecule has 1 N–H and O–H groups in total. The first kappa shape index (κ1) is 11.7. The maximum Gasteiger partial charge on any atom is 0.342 e. The number of carboxylic acid groups (broad SMARTS) is 1. The van der Waals surface area contributed by atoms with Gasteiger partial charge in [-0.2, -0.15) is 0 Å². The van der Waals surface area contributed by atoms with Crippen LogP contribution in [0.2, 0.25) is 0 Å². The van der Waals surface area contributed by atoms with Gasteiger partial charge in [-0.15, -0.1) is 0 Å². The van der Waals surface area contributed by atoms with E-state index >= 15 is 0 Å². The molecule has 0 atom stereocenters. The largest absolute Gasteiger partial charge is 0.498 e. The Bertz CT molecular complexity index is 301. The number of carbonyl (C=O) groups excluding carboxylic acids is 1. The molecular weight excluding hydrogens is 200 g/mol. The van der Waals surface area contributed by atoms with Crippen LogP contribution in [-0.4, -0.2) is 37.7 Å². The van der Waals surface area contributed by atoms with E-state index in [9.17, 15) is 9.59 Å². The smallest absolute Gasteiger partial charge is 0.342 e. The van der Waals surface area contributed by atoms with Crippen LogP contribution >= 0.6 is 0 Å². The second-order valence-electron chi connectivity index (χ2n) is 3.38. The molecule has 0 radical (unpaired) electrons. The van der Waals surface area contributed by atoms with Gasteiger partial charge >= 0.3 is 5.97 Å². The minimum atomic E-state index is -1.25. The first-order valence-corrected chi connectivity index (χ1v) is 4.65. The Balaban J connectivity index is 2.95. The summed E-state index contributed by atoms with van der Waals surface area (Å²) >= 11 is 0. The SMILES string of the molecule is COC/C(OC)=C(\C(=O)O)C(=O)C1CC1. The number of hydrogen-bond acceptors (Lipinski definition) is 4. The van der Waals surface area contributed by atoms with Crippen LogP contribution in [0.4, 0.5) is 0 Å². The number of methoxy groups -OCH3 is 2. The highest BCUT2D eigenvalue weighted by Crippen LogP contribution is 2.33. The number of ether oxygens (including phenoxy) is 2. The second kappa shape index (κ2) is 4.93. The lowest BCUT2D eigenvalue weighted by molar-refractivity contribution is -0.135. The van der Waals surface area contributed by atoms with Crippen molar-refractivity contribution in [3.05, 3.63) is 11.3 Å². The van der Waals surface area contributed by atoms with Crippen molar-refractivity contribution in [2.75, 3.05) is 20.8 Å². The molecule has 0 heterocycles. The summed E-state index contributed by atoms with van der Waals surface area (Å²) in [5.41, 5.74) is -0.276. The van der Waals surface area contributed by atoms with Crippen LogP contribution in [0.5, 0.6) is 0 Å².